The van der Waals surface area contributed by atoms with Crippen molar-refractivity contribution in [1.82, 2.24) is 19.7 Å². The topological polar surface area (TPSA) is 74.2 Å². The van der Waals surface area contributed by atoms with Crippen molar-refractivity contribution in [3.05, 3.63) is 53.5 Å². The molecule has 0 fully saturated rings. The van der Waals surface area contributed by atoms with E-state index in [4.69, 9.17) is 0 Å². The quantitative estimate of drug-likeness (QED) is 0.741. The van der Waals surface area contributed by atoms with Gasteiger partial charge in [-0.2, -0.15) is 5.10 Å². The van der Waals surface area contributed by atoms with Gasteiger partial charge in [-0.1, -0.05) is 18.2 Å². The molecule has 0 bridgehead atoms. The maximum absolute atomic E-state index is 12.6. The van der Waals surface area contributed by atoms with Crippen LogP contribution in [0.3, 0.4) is 0 Å². The van der Waals surface area contributed by atoms with Crippen molar-refractivity contribution in [3.63, 3.8) is 0 Å². The Morgan fingerprint density at radius 2 is 2.19 bits per heavy atom. The van der Waals surface area contributed by atoms with Crippen LogP contribution in [0.15, 0.2) is 36.5 Å². The average Bonchev–Trinajstić information content (AvgIpc) is 3.25. The number of hydrogen-bond donors (Lipinski definition) is 2. The van der Waals surface area contributed by atoms with Crippen LogP contribution in [0.1, 0.15) is 42.8 Å². The van der Waals surface area contributed by atoms with Gasteiger partial charge in [0.25, 0.3) is 0 Å². The van der Waals surface area contributed by atoms with E-state index in [1.54, 1.807) is 6.92 Å². The van der Waals surface area contributed by atoms with Gasteiger partial charge >= 0.3 is 0 Å². The number of para-hydroxylation sites is 1. The summed E-state index contributed by atoms with van der Waals surface area (Å²) in [6.45, 7) is 3.66. The van der Waals surface area contributed by atoms with Crippen molar-refractivity contribution in [2.75, 3.05) is 6.54 Å². The summed E-state index contributed by atoms with van der Waals surface area (Å²) in [7, 11) is 0. The minimum absolute atomic E-state index is 0.191. The van der Waals surface area contributed by atoms with Gasteiger partial charge in [0.2, 0.25) is 5.91 Å². The first-order valence-corrected chi connectivity index (χ1v) is 9.19. The predicted molar refractivity (Wildman–Crippen MR) is 99.5 cm³/mol. The van der Waals surface area contributed by atoms with Crippen molar-refractivity contribution in [2.24, 2.45) is 0 Å². The SMILES string of the molecule is C[C@@H](O)c1cc2n(n1)CCN(C(=O)CCCc1c[nH]c3ccccc13)C2. The molecule has 1 aliphatic rings. The van der Waals surface area contributed by atoms with E-state index in [2.05, 4.69) is 22.2 Å². The van der Waals surface area contributed by atoms with Crippen molar-refractivity contribution in [3.8, 4) is 0 Å². The van der Waals surface area contributed by atoms with E-state index in [9.17, 15) is 9.90 Å². The predicted octanol–water partition coefficient (Wildman–Crippen LogP) is 2.78. The number of aliphatic hydroxyl groups is 1. The van der Waals surface area contributed by atoms with Crippen molar-refractivity contribution in [1.29, 1.82) is 0 Å². The molecule has 4 rings (SSSR count). The normalized spacial score (nSPS) is 15.2. The van der Waals surface area contributed by atoms with E-state index in [-0.39, 0.29) is 5.91 Å². The van der Waals surface area contributed by atoms with Gasteiger partial charge in [-0.15, -0.1) is 0 Å². The molecule has 0 unspecified atom stereocenters. The lowest BCUT2D eigenvalue weighted by Gasteiger charge is -2.27. The molecule has 1 aromatic carbocycles. The first kappa shape index (κ1) is 16.8. The number of aromatic nitrogens is 3. The molecule has 1 amide bonds. The van der Waals surface area contributed by atoms with E-state index < -0.39 is 6.10 Å². The van der Waals surface area contributed by atoms with Crippen LogP contribution >= 0.6 is 0 Å². The minimum atomic E-state index is -0.576. The molecule has 6 heteroatoms. The molecule has 1 atom stereocenters. The number of aliphatic hydroxyl groups excluding tert-OH is 1. The van der Waals surface area contributed by atoms with E-state index in [1.165, 1.54) is 10.9 Å². The van der Waals surface area contributed by atoms with Crippen LogP contribution in [0.5, 0.6) is 0 Å². The van der Waals surface area contributed by atoms with E-state index in [0.29, 0.717) is 31.7 Å². The Balaban J connectivity index is 1.34. The number of hydrogen-bond acceptors (Lipinski definition) is 3. The molecule has 0 saturated heterocycles. The molecular formula is C20H24N4O2. The van der Waals surface area contributed by atoms with E-state index >= 15 is 0 Å². The second kappa shape index (κ2) is 6.96. The summed E-state index contributed by atoms with van der Waals surface area (Å²) < 4.78 is 1.90. The molecule has 3 aromatic rings. The highest BCUT2D eigenvalue weighted by Gasteiger charge is 2.22. The zero-order valence-electron chi connectivity index (χ0n) is 15.0. The Morgan fingerprint density at radius 1 is 1.35 bits per heavy atom. The number of nitrogens with one attached hydrogen (secondary N) is 1. The van der Waals surface area contributed by atoms with Gasteiger partial charge < -0.3 is 15.0 Å². The van der Waals surface area contributed by atoms with Gasteiger partial charge in [-0.25, -0.2) is 0 Å². The number of H-pyrrole nitrogens is 1. The molecule has 136 valence electrons. The van der Waals surface area contributed by atoms with Crippen LogP contribution in [0.25, 0.3) is 10.9 Å². The molecule has 6 nitrogen and oxygen atoms in total. The van der Waals surface area contributed by atoms with Crippen LogP contribution in [-0.2, 0) is 24.3 Å². The Kier molecular flexibility index (Phi) is 4.51. The largest absolute Gasteiger partial charge is 0.387 e. The number of carbonyl (C=O) groups is 1. The lowest BCUT2D eigenvalue weighted by molar-refractivity contribution is -0.132. The zero-order valence-corrected chi connectivity index (χ0v) is 15.0. The molecule has 0 radical (unpaired) electrons. The van der Waals surface area contributed by atoms with Gasteiger partial charge in [0.15, 0.2) is 0 Å². The van der Waals surface area contributed by atoms with Crippen LogP contribution in [-0.4, -0.2) is 37.2 Å². The minimum Gasteiger partial charge on any atom is -0.387 e. The van der Waals surface area contributed by atoms with Gasteiger partial charge in [-0.3, -0.25) is 9.48 Å². The van der Waals surface area contributed by atoms with Gasteiger partial charge in [0.05, 0.1) is 30.6 Å². The summed E-state index contributed by atoms with van der Waals surface area (Å²) in [5.74, 6) is 0.191. The number of nitrogens with zero attached hydrogens (tertiary/aromatic N) is 3. The number of carbonyl (C=O) groups excluding carboxylic acids is 1. The third kappa shape index (κ3) is 3.24. The number of rotatable bonds is 5. The first-order chi connectivity index (χ1) is 12.6. The molecule has 0 saturated carbocycles. The Bertz CT molecular complexity index is 925. The van der Waals surface area contributed by atoms with Crippen LogP contribution in [0, 0.1) is 0 Å². The van der Waals surface area contributed by atoms with Crippen molar-refractivity contribution < 1.29 is 9.90 Å². The smallest absolute Gasteiger partial charge is 0.222 e. The molecule has 0 aliphatic carbocycles. The Hall–Kier alpha value is -2.60. The summed E-state index contributed by atoms with van der Waals surface area (Å²) in [6.07, 6.45) is 3.76. The molecule has 0 spiro atoms. The summed E-state index contributed by atoms with van der Waals surface area (Å²) in [4.78, 5) is 17.8. The highest BCUT2D eigenvalue weighted by Crippen LogP contribution is 2.21. The second-order valence-corrected chi connectivity index (χ2v) is 6.99. The molecule has 2 aromatic heterocycles. The summed E-state index contributed by atoms with van der Waals surface area (Å²) in [5.41, 5.74) is 4.09. The molecule has 2 N–H and O–H groups in total. The molecule has 1 aliphatic heterocycles. The van der Waals surface area contributed by atoms with Crippen molar-refractivity contribution >= 4 is 16.8 Å². The molecular weight excluding hydrogens is 328 g/mol. The third-order valence-corrected chi connectivity index (χ3v) is 5.11. The molecule has 3 heterocycles. The Morgan fingerprint density at radius 3 is 3.04 bits per heavy atom. The van der Waals surface area contributed by atoms with Crippen LogP contribution in [0.2, 0.25) is 0 Å². The fraction of sp³-hybridized carbons (Fsp3) is 0.400. The fourth-order valence-corrected chi connectivity index (χ4v) is 3.63. The average molecular weight is 352 g/mol. The van der Waals surface area contributed by atoms with Crippen molar-refractivity contribution in [2.45, 2.75) is 45.4 Å². The first-order valence-electron chi connectivity index (χ1n) is 9.19. The third-order valence-electron chi connectivity index (χ3n) is 5.11. The number of benzene rings is 1. The zero-order chi connectivity index (χ0) is 18.1. The number of aromatic amines is 1. The monoisotopic (exact) mass is 352 g/mol. The fourth-order valence-electron chi connectivity index (χ4n) is 3.63. The van der Waals surface area contributed by atoms with Gasteiger partial charge in [0, 0.05) is 30.1 Å². The maximum Gasteiger partial charge on any atom is 0.222 e. The summed E-state index contributed by atoms with van der Waals surface area (Å²) in [6, 6.07) is 10.2. The number of amides is 1. The highest BCUT2D eigenvalue weighted by molar-refractivity contribution is 5.83. The maximum atomic E-state index is 12.6. The van der Waals surface area contributed by atoms with Crippen LogP contribution in [0.4, 0.5) is 0 Å². The number of aryl methyl sites for hydroxylation is 1. The van der Waals surface area contributed by atoms with Gasteiger partial charge in [0.1, 0.15) is 0 Å². The van der Waals surface area contributed by atoms with E-state index in [1.807, 2.05) is 34.0 Å². The molecule has 26 heavy (non-hydrogen) atoms. The lowest BCUT2D eigenvalue weighted by Crippen LogP contribution is -2.38. The second-order valence-electron chi connectivity index (χ2n) is 6.99. The van der Waals surface area contributed by atoms with Gasteiger partial charge in [-0.05, 0) is 37.5 Å². The standard InChI is InChI=1S/C20H24N4O2/c1-14(25)19-11-16-13-23(9-10-24(16)22-19)20(26)8-4-5-15-12-21-18-7-3-2-6-17(15)18/h2-3,6-7,11-12,14,21,25H,4-5,8-10,13H2,1H3/t14-/m1/s1. The lowest BCUT2D eigenvalue weighted by atomic mass is 10.1. The van der Waals surface area contributed by atoms with E-state index in [0.717, 1.165) is 24.1 Å². The summed E-state index contributed by atoms with van der Waals surface area (Å²) in [5, 5.41) is 15.3. The Labute approximate surface area is 152 Å². The summed E-state index contributed by atoms with van der Waals surface area (Å²) >= 11 is 0. The number of fused-ring (bicyclic) bond motifs is 2. The highest BCUT2D eigenvalue weighted by atomic mass is 16.3. The van der Waals surface area contributed by atoms with Crippen LogP contribution < -0.4 is 0 Å².